The maximum Gasteiger partial charge on any atom is 0.354 e. The molecule has 6 heteroatoms. The number of carboxylic acids is 1. The Kier molecular flexibility index (Phi) is 3.46. The van der Waals surface area contributed by atoms with Gasteiger partial charge in [-0.2, -0.15) is 0 Å². The summed E-state index contributed by atoms with van der Waals surface area (Å²) in [5, 5.41) is 22.8. The van der Waals surface area contributed by atoms with E-state index in [-0.39, 0.29) is 5.69 Å². The van der Waals surface area contributed by atoms with Crippen molar-refractivity contribution in [2.24, 2.45) is 0 Å². The number of rotatable bonds is 2. The predicted octanol–water partition coefficient (Wildman–Crippen LogP) is 1.11. The number of hydrogen-bond donors (Lipinski definition) is 3. The molecule has 0 amide bonds. The summed E-state index contributed by atoms with van der Waals surface area (Å²) in [6, 6.07) is 1.64. The van der Waals surface area contributed by atoms with Crippen LogP contribution in [0.3, 0.4) is 0 Å². The van der Waals surface area contributed by atoms with Crippen LogP contribution in [-0.2, 0) is 5.60 Å². The molecular formula is C11H13BrN2O3. The van der Waals surface area contributed by atoms with Gasteiger partial charge in [-0.05, 0) is 47.9 Å². The van der Waals surface area contributed by atoms with E-state index in [2.05, 4.69) is 26.2 Å². The molecule has 5 nitrogen and oxygen atoms in total. The minimum atomic E-state index is -1.11. The van der Waals surface area contributed by atoms with Crippen LogP contribution in [0, 0.1) is 0 Å². The zero-order valence-electron chi connectivity index (χ0n) is 9.11. The lowest BCUT2D eigenvalue weighted by atomic mass is 9.84. The molecule has 1 aliphatic heterocycles. The van der Waals surface area contributed by atoms with Gasteiger partial charge in [0, 0.05) is 16.2 Å². The highest BCUT2D eigenvalue weighted by Gasteiger charge is 2.35. The normalized spacial score (nSPS) is 18.9. The van der Waals surface area contributed by atoms with Gasteiger partial charge in [-0.25, -0.2) is 9.78 Å². The summed E-state index contributed by atoms with van der Waals surface area (Å²) >= 11 is 3.25. The number of carbonyl (C=O) groups is 1. The highest BCUT2D eigenvalue weighted by molar-refractivity contribution is 9.10. The number of nitrogens with zero attached hydrogens (tertiary/aromatic N) is 1. The topological polar surface area (TPSA) is 82.5 Å². The first-order valence-electron chi connectivity index (χ1n) is 5.35. The first-order chi connectivity index (χ1) is 8.03. The Hall–Kier alpha value is -0.980. The maximum atomic E-state index is 11.1. The molecule has 1 saturated heterocycles. The van der Waals surface area contributed by atoms with Gasteiger partial charge in [0.05, 0.1) is 5.60 Å². The number of aromatic carboxylic acids is 1. The van der Waals surface area contributed by atoms with Crippen LogP contribution >= 0.6 is 15.9 Å². The summed E-state index contributed by atoms with van der Waals surface area (Å²) < 4.78 is 0.671. The van der Waals surface area contributed by atoms with E-state index in [0.717, 1.165) is 0 Å². The Morgan fingerprint density at radius 2 is 2.12 bits per heavy atom. The summed E-state index contributed by atoms with van der Waals surface area (Å²) in [4.78, 5) is 15.0. The van der Waals surface area contributed by atoms with E-state index < -0.39 is 11.6 Å². The number of pyridine rings is 1. The zero-order chi connectivity index (χ0) is 12.5. The second-order valence-electron chi connectivity index (χ2n) is 4.14. The Labute approximate surface area is 107 Å². The van der Waals surface area contributed by atoms with Gasteiger partial charge < -0.3 is 15.5 Å². The lowest BCUT2D eigenvalue weighted by molar-refractivity contribution is 0.00393. The van der Waals surface area contributed by atoms with Crippen LogP contribution in [0.4, 0.5) is 0 Å². The van der Waals surface area contributed by atoms with E-state index in [9.17, 15) is 9.90 Å². The summed E-state index contributed by atoms with van der Waals surface area (Å²) in [5.41, 5.74) is -0.783. The van der Waals surface area contributed by atoms with Crippen LogP contribution in [0.15, 0.2) is 16.7 Å². The van der Waals surface area contributed by atoms with Crippen molar-refractivity contribution in [2.45, 2.75) is 18.4 Å². The van der Waals surface area contributed by atoms with Gasteiger partial charge in [0.25, 0.3) is 0 Å². The van der Waals surface area contributed by atoms with Crippen molar-refractivity contribution in [3.63, 3.8) is 0 Å². The Balaban J connectivity index is 2.48. The molecule has 0 bridgehead atoms. The van der Waals surface area contributed by atoms with Gasteiger partial charge >= 0.3 is 5.97 Å². The number of hydrogen-bond acceptors (Lipinski definition) is 4. The molecule has 1 aromatic heterocycles. The van der Waals surface area contributed by atoms with Crippen LogP contribution in [0.25, 0.3) is 0 Å². The molecule has 0 spiro atoms. The minimum absolute atomic E-state index is 0.0717. The van der Waals surface area contributed by atoms with Gasteiger partial charge in [0.2, 0.25) is 0 Å². The first kappa shape index (κ1) is 12.5. The number of piperidine rings is 1. The zero-order valence-corrected chi connectivity index (χ0v) is 10.7. The molecule has 0 aromatic carbocycles. The summed E-state index contributed by atoms with van der Waals surface area (Å²) in [7, 11) is 0. The third-order valence-electron chi connectivity index (χ3n) is 2.99. The fourth-order valence-electron chi connectivity index (χ4n) is 2.07. The van der Waals surface area contributed by atoms with E-state index >= 15 is 0 Å². The molecule has 0 aliphatic carbocycles. The van der Waals surface area contributed by atoms with E-state index in [1.54, 1.807) is 6.07 Å². The van der Waals surface area contributed by atoms with Gasteiger partial charge in [0.15, 0.2) is 5.69 Å². The third kappa shape index (κ3) is 2.48. The van der Waals surface area contributed by atoms with Crippen molar-refractivity contribution in [3.8, 4) is 0 Å². The number of carboxylic acid groups (broad SMARTS) is 1. The van der Waals surface area contributed by atoms with E-state index in [1.807, 2.05) is 0 Å². The fourth-order valence-corrected chi connectivity index (χ4v) is 2.41. The standard InChI is InChI=1S/C11H13BrN2O3/c12-7-5-8(9(10(15)16)14-6-7)11(17)1-3-13-4-2-11/h5-6,13,17H,1-4H2,(H,15,16). The molecule has 1 fully saturated rings. The first-order valence-corrected chi connectivity index (χ1v) is 6.15. The van der Waals surface area contributed by atoms with Crippen molar-refractivity contribution in [3.05, 3.63) is 28.0 Å². The smallest absolute Gasteiger partial charge is 0.354 e. The van der Waals surface area contributed by atoms with Gasteiger partial charge in [-0.15, -0.1) is 0 Å². The number of nitrogens with one attached hydrogen (secondary N) is 1. The van der Waals surface area contributed by atoms with Crippen LogP contribution in [-0.4, -0.2) is 34.3 Å². The number of aromatic nitrogens is 1. The van der Waals surface area contributed by atoms with Crippen molar-refractivity contribution < 1.29 is 15.0 Å². The Morgan fingerprint density at radius 1 is 1.47 bits per heavy atom. The summed E-state index contributed by atoms with van der Waals surface area (Å²) in [6.45, 7) is 1.34. The molecule has 0 radical (unpaired) electrons. The SMILES string of the molecule is O=C(O)c1ncc(Br)cc1C1(O)CCNCC1. The highest BCUT2D eigenvalue weighted by Crippen LogP contribution is 2.33. The van der Waals surface area contributed by atoms with Crippen molar-refractivity contribution in [2.75, 3.05) is 13.1 Å². The molecule has 1 aromatic rings. The maximum absolute atomic E-state index is 11.1. The van der Waals surface area contributed by atoms with Gasteiger partial charge in [0.1, 0.15) is 0 Å². The number of aliphatic hydroxyl groups is 1. The monoisotopic (exact) mass is 300 g/mol. The molecule has 3 N–H and O–H groups in total. The van der Waals surface area contributed by atoms with Crippen molar-refractivity contribution >= 4 is 21.9 Å². The predicted molar refractivity (Wildman–Crippen MR) is 64.9 cm³/mol. The highest BCUT2D eigenvalue weighted by atomic mass is 79.9. The summed E-state index contributed by atoms with van der Waals surface area (Å²) in [5.74, 6) is -1.11. The molecule has 2 rings (SSSR count). The molecule has 0 atom stereocenters. The molecule has 2 heterocycles. The van der Waals surface area contributed by atoms with Crippen LogP contribution in [0.5, 0.6) is 0 Å². The minimum Gasteiger partial charge on any atom is -0.477 e. The van der Waals surface area contributed by atoms with Gasteiger partial charge in [-0.3, -0.25) is 0 Å². The quantitative estimate of drug-likeness (QED) is 0.762. The molecular weight excluding hydrogens is 288 g/mol. The van der Waals surface area contributed by atoms with E-state index in [1.165, 1.54) is 6.20 Å². The lowest BCUT2D eigenvalue weighted by Gasteiger charge is -2.33. The van der Waals surface area contributed by atoms with E-state index in [4.69, 9.17) is 5.11 Å². The summed E-state index contributed by atoms with van der Waals surface area (Å²) in [6.07, 6.45) is 2.41. The molecule has 1 aliphatic rings. The van der Waals surface area contributed by atoms with Crippen LogP contribution in [0.1, 0.15) is 28.9 Å². The average Bonchev–Trinajstić information content (AvgIpc) is 2.29. The molecule has 0 saturated carbocycles. The fraction of sp³-hybridized carbons (Fsp3) is 0.455. The third-order valence-corrected chi connectivity index (χ3v) is 3.42. The van der Waals surface area contributed by atoms with Crippen molar-refractivity contribution in [1.82, 2.24) is 10.3 Å². The second kappa shape index (κ2) is 4.72. The molecule has 92 valence electrons. The lowest BCUT2D eigenvalue weighted by Crippen LogP contribution is -2.40. The number of halogens is 1. The molecule has 17 heavy (non-hydrogen) atoms. The van der Waals surface area contributed by atoms with E-state index in [0.29, 0.717) is 36.0 Å². The Morgan fingerprint density at radius 3 is 2.71 bits per heavy atom. The van der Waals surface area contributed by atoms with Crippen LogP contribution < -0.4 is 5.32 Å². The largest absolute Gasteiger partial charge is 0.477 e. The second-order valence-corrected chi connectivity index (χ2v) is 5.05. The van der Waals surface area contributed by atoms with Gasteiger partial charge in [-0.1, -0.05) is 0 Å². The Bertz CT molecular complexity index is 444. The van der Waals surface area contributed by atoms with Crippen LogP contribution in [0.2, 0.25) is 0 Å². The van der Waals surface area contributed by atoms with Crippen molar-refractivity contribution in [1.29, 1.82) is 0 Å². The average molecular weight is 301 g/mol. The molecule has 0 unspecified atom stereocenters.